The average molecular weight is 350 g/mol. The van der Waals surface area contributed by atoms with E-state index in [9.17, 15) is 4.39 Å². The Morgan fingerprint density at radius 3 is 2.52 bits per heavy atom. The normalized spacial score (nSPS) is 22.4. The summed E-state index contributed by atoms with van der Waals surface area (Å²) in [6.07, 6.45) is -0.0195. The monoisotopic (exact) mass is 350 g/mol. The molecule has 1 fully saturated rings. The molecule has 0 aliphatic carbocycles. The maximum atomic E-state index is 13.2. The van der Waals surface area contributed by atoms with Crippen LogP contribution in [0.25, 0.3) is 0 Å². The molecule has 6 heteroatoms. The van der Waals surface area contributed by atoms with Gasteiger partial charge in [-0.05, 0) is 52.6 Å². The molecule has 1 saturated heterocycles. The fourth-order valence-electron chi connectivity index (χ4n) is 2.77. The van der Waals surface area contributed by atoms with Crippen molar-refractivity contribution < 1.29 is 9.13 Å². The topological polar surface area (TPSA) is 40.1 Å². The minimum Gasteiger partial charge on any atom is -0.367 e. The number of aliphatic imine (C=N–C) groups is 1. The van der Waals surface area contributed by atoms with E-state index in [0.717, 1.165) is 24.6 Å². The van der Waals surface area contributed by atoms with Crippen molar-refractivity contribution in [2.45, 2.75) is 38.5 Å². The fraction of sp³-hybridized carbons (Fsp3) is 0.632. The fourth-order valence-corrected chi connectivity index (χ4v) is 2.77. The van der Waals surface area contributed by atoms with Crippen LogP contribution in [0.3, 0.4) is 0 Å². The van der Waals surface area contributed by atoms with Gasteiger partial charge in [0.1, 0.15) is 11.9 Å². The van der Waals surface area contributed by atoms with Gasteiger partial charge in [-0.15, -0.1) is 0 Å². The summed E-state index contributed by atoms with van der Waals surface area (Å²) in [7, 11) is 5.95. The second kappa shape index (κ2) is 8.15. The van der Waals surface area contributed by atoms with Crippen LogP contribution in [0.15, 0.2) is 29.3 Å². The van der Waals surface area contributed by atoms with Gasteiger partial charge < -0.3 is 19.9 Å². The van der Waals surface area contributed by atoms with Crippen LogP contribution in [0.1, 0.15) is 32.4 Å². The first-order chi connectivity index (χ1) is 11.7. The Labute approximate surface area is 150 Å². The quantitative estimate of drug-likeness (QED) is 0.669. The van der Waals surface area contributed by atoms with Gasteiger partial charge in [0.15, 0.2) is 5.96 Å². The van der Waals surface area contributed by atoms with Gasteiger partial charge in [0.2, 0.25) is 0 Å². The van der Waals surface area contributed by atoms with Crippen molar-refractivity contribution in [1.82, 2.24) is 15.1 Å². The molecule has 2 atom stereocenters. The molecule has 140 valence electrons. The van der Waals surface area contributed by atoms with Crippen LogP contribution < -0.4 is 5.32 Å². The standard InChI is InChI=1S/C19H31FN4O/c1-14-11-24(18(21-4)22-13-19(2,3)23(5)6)12-17(25-14)15-7-9-16(20)10-8-15/h7-10,14,17H,11-13H2,1-6H3,(H,21,22). The number of nitrogens with zero attached hydrogens (tertiary/aromatic N) is 3. The number of hydrogen-bond acceptors (Lipinski definition) is 3. The number of nitrogens with one attached hydrogen (secondary N) is 1. The van der Waals surface area contributed by atoms with Crippen LogP contribution in [0, 0.1) is 5.82 Å². The van der Waals surface area contributed by atoms with Crippen LogP contribution in [0.5, 0.6) is 0 Å². The molecule has 1 aliphatic heterocycles. The molecule has 0 bridgehead atoms. The van der Waals surface area contributed by atoms with Gasteiger partial charge in [-0.25, -0.2) is 4.39 Å². The van der Waals surface area contributed by atoms with Crippen LogP contribution >= 0.6 is 0 Å². The predicted molar refractivity (Wildman–Crippen MR) is 100 cm³/mol. The Kier molecular flexibility index (Phi) is 6.41. The lowest BCUT2D eigenvalue weighted by Crippen LogP contribution is -2.55. The molecule has 2 unspecified atom stereocenters. The molecule has 0 spiro atoms. The van der Waals surface area contributed by atoms with Crippen LogP contribution in [0.2, 0.25) is 0 Å². The van der Waals surface area contributed by atoms with Gasteiger partial charge in [0.25, 0.3) is 0 Å². The predicted octanol–water partition coefficient (Wildman–Crippen LogP) is 2.50. The van der Waals surface area contributed by atoms with Crippen LogP contribution in [-0.4, -0.2) is 68.2 Å². The molecule has 0 saturated carbocycles. The van der Waals surface area contributed by atoms with Crippen LogP contribution in [0.4, 0.5) is 4.39 Å². The van der Waals surface area contributed by atoms with Crippen molar-refractivity contribution >= 4 is 5.96 Å². The van der Waals surface area contributed by atoms with Crippen molar-refractivity contribution in [3.8, 4) is 0 Å². The number of benzene rings is 1. The third kappa shape index (κ3) is 5.16. The average Bonchev–Trinajstić information content (AvgIpc) is 2.55. The van der Waals surface area contributed by atoms with Gasteiger partial charge in [-0.3, -0.25) is 4.99 Å². The molecular formula is C19H31FN4O. The summed E-state index contributed by atoms with van der Waals surface area (Å²) in [5.41, 5.74) is 1.01. The van der Waals surface area contributed by atoms with E-state index < -0.39 is 0 Å². The van der Waals surface area contributed by atoms with Crippen molar-refractivity contribution in [2.75, 3.05) is 40.8 Å². The number of ether oxygens (including phenoxy) is 1. The number of morpholine rings is 1. The van der Waals surface area contributed by atoms with Gasteiger partial charge in [-0.2, -0.15) is 0 Å². The largest absolute Gasteiger partial charge is 0.367 e. The second-order valence-corrected chi connectivity index (χ2v) is 7.50. The smallest absolute Gasteiger partial charge is 0.193 e. The Bertz CT molecular complexity index is 586. The Hall–Kier alpha value is -1.66. The molecule has 0 radical (unpaired) electrons. The minimum atomic E-state index is -0.229. The maximum Gasteiger partial charge on any atom is 0.193 e. The molecular weight excluding hydrogens is 319 g/mol. The third-order valence-corrected chi connectivity index (χ3v) is 4.90. The minimum absolute atomic E-state index is 0.0181. The lowest BCUT2D eigenvalue weighted by atomic mass is 10.0. The van der Waals surface area contributed by atoms with E-state index in [0.29, 0.717) is 6.54 Å². The number of likely N-dealkylation sites (N-methyl/N-ethyl adjacent to an activating group) is 1. The molecule has 5 nitrogen and oxygen atoms in total. The SMILES string of the molecule is CN=C(NCC(C)(C)N(C)C)N1CC(C)OC(c2ccc(F)cc2)C1. The van der Waals surface area contributed by atoms with Gasteiger partial charge in [-0.1, -0.05) is 12.1 Å². The highest BCUT2D eigenvalue weighted by molar-refractivity contribution is 5.80. The molecule has 1 aromatic carbocycles. The van der Waals surface area contributed by atoms with E-state index in [-0.39, 0.29) is 23.6 Å². The Morgan fingerprint density at radius 1 is 1.32 bits per heavy atom. The summed E-state index contributed by atoms with van der Waals surface area (Å²) in [6.45, 7) is 8.70. The zero-order valence-electron chi connectivity index (χ0n) is 16.2. The molecule has 1 aromatic rings. The lowest BCUT2D eigenvalue weighted by molar-refractivity contribution is -0.0606. The molecule has 1 aliphatic rings. The zero-order chi connectivity index (χ0) is 18.6. The molecule has 1 N–H and O–H groups in total. The Balaban J connectivity index is 2.07. The second-order valence-electron chi connectivity index (χ2n) is 7.50. The van der Waals surface area contributed by atoms with Crippen molar-refractivity contribution in [2.24, 2.45) is 4.99 Å². The first-order valence-electron chi connectivity index (χ1n) is 8.77. The van der Waals surface area contributed by atoms with Crippen LogP contribution in [-0.2, 0) is 4.74 Å². The highest BCUT2D eigenvalue weighted by Gasteiger charge is 2.29. The van der Waals surface area contributed by atoms with E-state index in [1.54, 1.807) is 19.2 Å². The number of halogens is 1. The summed E-state index contributed by atoms with van der Waals surface area (Å²) in [5.74, 6) is 0.644. The molecule has 0 amide bonds. The summed E-state index contributed by atoms with van der Waals surface area (Å²) < 4.78 is 19.2. The molecule has 0 aromatic heterocycles. The molecule has 1 heterocycles. The van der Waals surface area contributed by atoms with Gasteiger partial charge in [0, 0.05) is 25.7 Å². The highest BCUT2D eigenvalue weighted by atomic mass is 19.1. The van der Waals surface area contributed by atoms with Gasteiger partial charge >= 0.3 is 0 Å². The first kappa shape index (κ1) is 19.7. The number of hydrogen-bond donors (Lipinski definition) is 1. The van der Waals surface area contributed by atoms with E-state index in [1.807, 2.05) is 0 Å². The number of guanidine groups is 1. The van der Waals surface area contributed by atoms with Crippen molar-refractivity contribution in [3.05, 3.63) is 35.6 Å². The maximum absolute atomic E-state index is 13.2. The lowest BCUT2D eigenvalue weighted by Gasteiger charge is -2.40. The third-order valence-electron chi connectivity index (χ3n) is 4.90. The molecule has 2 rings (SSSR count). The van der Waals surface area contributed by atoms with E-state index in [2.05, 4.69) is 55.0 Å². The Morgan fingerprint density at radius 2 is 1.96 bits per heavy atom. The summed E-state index contributed by atoms with van der Waals surface area (Å²) in [5, 5.41) is 3.48. The van der Waals surface area contributed by atoms with Gasteiger partial charge in [0.05, 0.1) is 12.6 Å². The summed E-state index contributed by atoms with van der Waals surface area (Å²) >= 11 is 0. The summed E-state index contributed by atoms with van der Waals surface area (Å²) in [4.78, 5) is 8.86. The van der Waals surface area contributed by atoms with Crippen molar-refractivity contribution in [1.29, 1.82) is 0 Å². The van der Waals surface area contributed by atoms with E-state index in [4.69, 9.17) is 4.74 Å². The number of rotatable bonds is 4. The zero-order valence-corrected chi connectivity index (χ0v) is 16.2. The van der Waals surface area contributed by atoms with E-state index in [1.165, 1.54) is 12.1 Å². The molecule has 25 heavy (non-hydrogen) atoms. The van der Waals surface area contributed by atoms with E-state index >= 15 is 0 Å². The first-order valence-corrected chi connectivity index (χ1v) is 8.77. The van der Waals surface area contributed by atoms with Crippen molar-refractivity contribution in [3.63, 3.8) is 0 Å². The highest BCUT2D eigenvalue weighted by Crippen LogP contribution is 2.25. The summed E-state index contributed by atoms with van der Waals surface area (Å²) in [6, 6.07) is 6.55.